The zero-order valence-electron chi connectivity index (χ0n) is 17.9. The molecule has 3 rings (SSSR count). The highest BCUT2D eigenvalue weighted by molar-refractivity contribution is 5.74. The number of carbonyl (C=O) groups is 2. The van der Waals surface area contributed by atoms with Crippen LogP contribution in [0.5, 0.6) is 0 Å². The van der Waals surface area contributed by atoms with Gasteiger partial charge in [-0.05, 0) is 45.4 Å². The van der Waals surface area contributed by atoms with E-state index in [2.05, 4.69) is 17.3 Å². The highest BCUT2D eigenvalue weighted by Gasteiger charge is 2.42. The minimum Gasteiger partial charge on any atom is -0.475 e. The summed E-state index contributed by atoms with van der Waals surface area (Å²) < 4.78 is 43.2. The van der Waals surface area contributed by atoms with Gasteiger partial charge in [-0.3, -0.25) is 4.90 Å². The van der Waals surface area contributed by atoms with Gasteiger partial charge in [0.25, 0.3) is 0 Å². The van der Waals surface area contributed by atoms with Gasteiger partial charge in [-0.1, -0.05) is 0 Å². The number of aliphatic carboxylic acids is 1. The van der Waals surface area contributed by atoms with Gasteiger partial charge < -0.3 is 24.5 Å². The van der Waals surface area contributed by atoms with Crippen LogP contribution in [0.1, 0.15) is 26.0 Å². The van der Waals surface area contributed by atoms with Gasteiger partial charge in [-0.15, -0.1) is 0 Å². The van der Waals surface area contributed by atoms with Crippen LogP contribution in [0.2, 0.25) is 0 Å². The van der Waals surface area contributed by atoms with Crippen molar-refractivity contribution < 1.29 is 37.0 Å². The van der Waals surface area contributed by atoms with Crippen LogP contribution in [0.15, 0.2) is 22.8 Å². The summed E-state index contributed by atoms with van der Waals surface area (Å²) in [5, 5.41) is 10.1. The Balaban J connectivity index is 0.000000423. The minimum atomic E-state index is -5.08. The molecule has 2 amide bonds. The molecule has 0 bridgehead atoms. The van der Waals surface area contributed by atoms with E-state index in [1.807, 2.05) is 30.9 Å². The number of nitrogens with zero attached hydrogens (tertiary/aromatic N) is 2. The number of carboxylic acids is 1. The number of piperidine rings is 1. The van der Waals surface area contributed by atoms with Crippen molar-refractivity contribution in [3.63, 3.8) is 0 Å². The van der Waals surface area contributed by atoms with Crippen molar-refractivity contribution in [3.8, 4) is 0 Å². The first-order chi connectivity index (χ1) is 14.5. The molecule has 0 aliphatic carbocycles. The van der Waals surface area contributed by atoms with Crippen molar-refractivity contribution in [2.75, 3.05) is 33.3 Å². The number of carbonyl (C=O) groups excluding carboxylic acids is 1. The molecule has 0 unspecified atom stereocenters. The Morgan fingerprint density at radius 1 is 1.39 bits per heavy atom. The van der Waals surface area contributed by atoms with Crippen molar-refractivity contribution in [3.05, 3.63) is 24.2 Å². The number of urea groups is 1. The molecular formula is C20H30F3N3O5. The van der Waals surface area contributed by atoms with Crippen molar-refractivity contribution in [2.45, 2.75) is 45.1 Å². The van der Waals surface area contributed by atoms with Crippen molar-refractivity contribution >= 4 is 12.0 Å². The molecule has 0 spiro atoms. The van der Waals surface area contributed by atoms with Crippen molar-refractivity contribution in [2.24, 2.45) is 11.8 Å². The number of alkyl halides is 3. The number of amides is 2. The molecule has 176 valence electrons. The maximum absolute atomic E-state index is 12.3. The zero-order chi connectivity index (χ0) is 23.2. The number of nitrogens with one attached hydrogen (secondary N) is 1. The average Bonchev–Trinajstić information content (AvgIpc) is 3.30. The van der Waals surface area contributed by atoms with Gasteiger partial charge in [0.1, 0.15) is 5.76 Å². The second-order valence-corrected chi connectivity index (χ2v) is 8.21. The van der Waals surface area contributed by atoms with Gasteiger partial charge in [-0.25, -0.2) is 9.59 Å². The summed E-state index contributed by atoms with van der Waals surface area (Å²) in [5.74, 6) is -0.785. The molecule has 0 aromatic carbocycles. The van der Waals surface area contributed by atoms with E-state index in [1.165, 1.54) is 0 Å². The Labute approximate surface area is 179 Å². The molecule has 2 fully saturated rings. The summed E-state index contributed by atoms with van der Waals surface area (Å²) >= 11 is 0. The van der Waals surface area contributed by atoms with E-state index in [-0.39, 0.29) is 18.2 Å². The third-order valence-corrected chi connectivity index (χ3v) is 5.25. The molecule has 2 saturated heterocycles. The molecule has 11 heteroatoms. The molecule has 3 heterocycles. The lowest BCUT2D eigenvalue weighted by molar-refractivity contribution is -0.192. The Morgan fingerprint density at radius 3 is 2.61 bits per heavy atom. The first-order valence-corrected chi connectivity index (χ1v) is 10.2. The molecule has 1 aromatic rings. The Bertz CT molecular complexity index is 711. The monoisotopic (exact) mass is 449 g/mol. The van der Waals surface area contributed by atoms with Crippen molar-refractivity contribution in [1.82, 2.24) is 15.1 Å². The number of hydrogen-bond acceptors (Lipinski definition) is 5. The summed E-state index contributed by atoms with van der Waals surface area (Å²) in [7, 11) is 2.09. The number of likely N-dealkylation sites (N-methyl/N-ethyl adjacent to an activating group) is 1. The number of hydrogen-bond donors (Lipinski definition) is 2. The Hall–Kier alpha value is -2.27. The summed E-state index contributed by atoms with van der Waals surface area (Å²) in [6.07, 6.45) is -2.16. The maximum atomic E-state index is 12.3. The second-order valence-electron chi connectivity index (χ2n) is 8.21. The van der Waals surface area contributed by atoms with Gasteiger partial charge in [0.05, 0.1) is 25.5 Å². The van der Waals surface area contributed by atoms with E-state index in [0.717, 1.165) is 45.0 Å². The topological polar surface area (TPSA) is 95.3 Å². The minimum absolute atomic E-state index is 0.0537. The molecule has 8 nitrogen and oxygen atoms in total. The van der Waals surface area contributed by atoms with Gasteiger partial charge in [0.15, 0.2) is 0 Å². The Morgan fingerprint density at radius 2 is 2.06 bits per heavy atom. The summed E-state index contributed by atoms with van der Waals surface area (Å²) in [6.45, 7) is 8.08. The fraction of sp³-hybridized carbons (Fsp3) is 0.700. The summed E-state index contributed by atoms with van der Waals surface area (Å²) in [4.78, 5) is 25.4. The van der Waals surface area contributed by atoms with Crippen molar-refractivity contribution in [1.29, 1.82) is 0 Å². The number of furan rings is 1. The number of rotatable bonds is 5. The quantitative estimate of drug-likeness (QED) is 0.718. The number of fused-ring (bicyclic) bond motifs is 1. The molecule has 2 aliphatic heterocycles. The number of likely N-dealkylation sites (tertiary alicyclic amines) is 1. The average molecular weight is 449 g/mol. The fourth-order valence-electron chi connectivity index (χ4n) is 3.78. The molecule has 0 radical (unpaired) electrons. The number of ether oxygens (including phenoxy) is 1. The zero-order valence-corrected chi connectivity index (χ0v) is 17.9. The van der Waals surface area contributed by atoms with E-state index in [0.29, 0.717) is 11.8 Å². The van der Waals surface area contributed by atoms with E-state index >= 15 is 0 Å². The number of carboxylic acid groups (broad SMARTS) is 1. The predicted octanol–water partition coefficient (Wildman–Crippen LogP) is 2.80. The van der Waals surface area contributed by atoms with Crippen LogP contribution >= 0.6 is 0 Å². The Kier molecular flexibility index (Phi) is 8.75. The van der Waals surface area contributed by atoms with E-state index in [1.54, 1.807) is 6.26 Å². The fourth-order valence-corrected chi connectivity index (χ4v) is 3.78. The smallest absolute Gasteiger partial charge is 0.475 e. The van der Waals surface area contributed by atoms with Crippen LogP contribution in [-0.4, -0.2) is 78.5 Å². The molecule has 0 saturated carbocycles. The second kappa shape index (κ2) is 10.9. The van der Waals surface area contributed by atoms with Crippen LogP contribution < -0.4 is 5.32 Å². The normalized spacial score (nSPS) is 23.4. The standard InChI is InChI=1S/C18H29N3O3.C2HF3O2/c1-13(2)19-18(22)21-7-6-14-12-24-17(16(14)10-21)11-20(3)9-15-5-4-8-23-15;3-2(4,5)1(6)7/h4-5,8,13-14,16-17H,6-7,9-12H2,1-3H3,(H,19,22);(H,6,7)/t14-,16-,17+;/m0./s1. The highest BCUT2D eigenvalue weighted by atomic mass is 19.4. The SMILES string of the molecule is CC(C)NC(=O)N1CC[C@H]2CO[C@H](CN(C)Cc3ccco3)[C@H]2C1.O=C(O)C(F)(F)F. The van der Waals surface area contributed by atoms with E-state index in [9.17, 15) is 18.0 Å². The molecule has 2 N–H and O–H groups in total. The lowest BCUT2D eigenvalue weighted by atomic mass is 9.84. The molecule has 31 heavy (non-hydrogen) atoms. The first kappa shape index (κ1) is 25.0. The van der Waals surface area contributed by atoms with Crippen LogP contribution in [-0.2, 0) is 16.1 Å². The lowest BCUT2D eigenvalue weighted by Gasteiger charge is -2.37. The third-order valence-electron chi connectivity index (χ3n) is 5.25. The van der Waals surface area contributed by atoms with Gasteiger partial charge in [0, 0.05) is 31.6 Å². The summed E-state index contributed by atoms with van der Waals surface area (Å²) in [6, 6.07) is 4.13. The largest absolute Gasteiger partial charge is 0.490 e. The highest BCUT2D eigenvalue weighted by Crippen LogP contribution is 2.34. The predicted molar refractivity (Wildman–Crippen MR) is 105 cm³/mol. The number of halogens is 3. The van der Waals surface area contributed by atoms with E-state index in [4.69, 9.17) is 19.1 Å². The maximum Gasteiger partial charge on any atom is 0.490 e. The lowest BCUT2D eigenvalue weighted by Crippen LogP contribution is -2.51. The van der Waals surface area contributed by atoms with Crippen LogP contribution in [0.4, 0.5) is 18.0 Å². The summed E-state index contributed by atoms with van der Waals surface area (Å²) in [5.41, 5.74) is 0. The molecule has 3 atom stereocenters. The molecule has 2 aliphatic rings. The van der Waals surface area contributed by atoms with Gasteiger partial charge >= 0.3 is 18.2 Å². The first-order valence-electron chi connectivity index (χ1n) is 10.2. The van der Waals surface area contributed by atoms with Crippen LogP contribution in [0, 0.1) is 11.8 Å². The van der Waals surface area contributed by atoms with Crippen LogP contribution in [0.25, 0.3) is 0 Å². The third kappa shape index (κ3) is 7.73. The molecular weight excluding hydrogens is 419 g/mol. The van der Waals surface area contributed by atoms with Gasteiger partial charge in [0.2, 0.25) is 0 Å². The van der Waals surface area contributed by atoms with E-state index < -0.39 is 12.1 Å². The van der Waals surface area contributed by atoms with Gasteiger partial charge in [-0.2, -0.15) is 13.2 Å². The van der Waals surface area contributed by atoms with Crippen LogP contribution in [0.3, 0.4) is 0 Å². The molecule has 1 aromatic heterocycles.